The lowest BCUT2D eigenvalue weighted by molar-refractivity contribution is -0.597. The molecule has 1 amide bonds. The van der Waals surface area contributed by atoms with E-state index < -0.39 is 10.1 Å². The highest BCUT2D eigenvalue weighted by molar-refractivity contribution is 7.85. The number of hydrogen-bond donors (Lipinski definition) is 1. The molecule has 7 heteroatoms. The zero-order chi connectivity index (χ0) is 14.5. The van der Waals surface area contributed by atoms with E-state index in [9.17, 15) is 17.8 Å². The number of quaternary nitrogens is 1. The average Bonchev–Trinajstić information content (AvgIpc) is 2.76. The van der Waals surface area contributed by atoms with Crippen LogP contribution in [-0.4, -0.2) is 39.5 Å². The second-order valence-corrected chi connectivity index (χ2v) is 5.55. The van der Waals surface area contributed by atoms with Gasteiger partial charge in [0.1, 0.15) is 10.1 Å². The van der Waals surface area contributed by atoms with Crippen molar-refractivity contribution in [3.63, 3.8) is 0 Å². The standard InChI is InChI=1S/C10H11NO4S.C2H7N/c12-10-2-1-7-11(10)8-3-5-9(6-4-8)16(13,14)15;1-3-2/h3-6H,1-2,7H2,(H,13,14,15);3H,1-2H3. The molecule has 1 aromatic rings. The van der Waals surface area contributed by atoms with Crippen LogP contribution in [0.4, 0.5) is 5.69 Å². The quantitative estimate of drug-likeness (QED) is 0.743. The van der Waals surface area contributed by atoms with Crippen LogP contribution in [0.3, 0.4) is 0 Å². The van der Waals surface area contributed by atoms with Crippen molar-refractivity contribution >= 4 is 21.7 Å². The maximum absolute atomic E-state index is 11.4. The van der Waals surface area contributed by atoms with Gasteiger partial charge in [-0.3, -0.25) is 4.79 Å². The molecule has 0 atom stereocenters. The van der Waals surface area contributed by atoms with Gasteiger partial charge < -0.3 is 14.8 Å². The van der Waals surface area contributed by atoms with Gasteiger partial charge in [0.15, 0.2) is 0 Å². The number of rotatable bonds is 2. The van der Waals surface area contributed by atoms with Crippen LogP contribution in [0.25, 0.3) is 0 Å². The summed E-state index contributed by atoms with van der Waals surface area (Å²) in [6.07, 6.45) is 1.32. The molecule has 1 fully saturated rings. The van der Waals surface area contributed by atoms with Gasteiger partial charge in [0, 0.05) is 18.7 Å². The first-order chi connectivity index (χ1) is 8.90. The summed E-state index contributed by atoms with van der Waals surface area (Å²) < 4.78 is 32.1. The number of nitrogens with two attached hydrogens (primary N) is 1. The second kappa shape index (κ2) is 6.65. The van der Waals surface area contributed by atoms with E-state index in [0.29, 0.717) is 18.7 Å². The van der Waals surface area contributed by atoms with Crippen LogP contribution in [-0.2, 0) is 14.9 Å². The highest BCUT2D eigenvalue weighted by Crippen LogP contribution is 2.22. The Kier molecular flexibility index (Phi) is 5.46. The molecule has 0 radical (unpaired) electrons. The predicted octanol–water partition coefficient (Wildman–Crippen LogP) is -0.473. The number of amides is 1. The highest BCUT2D eigenvalue weighted by Gasteiger charge is 2.21. The summed E-state index contributed by atoms with van der Waals surface area (Å²) in [6, 6.07) is 5.41. The van der Waals surface area contributed by atoms with Crippen LogP contribution in [0.5, 0.6) is 0 Å². The Morgan fingerprint density at radius 1 is 1.21 bits per heavy atom. The normalized spacial score (nSPS) is 15.1. The number of hydrogen-bond acceptors (Lipinski definition) is 4. The molecule has 1 aliphatic rings. The van der Waals surface area contributed by atoms with E-state index in [0.717, 1.165) is 6.42 Å². The van der Waals surface area contributed by atoms with Gasteiger partial charge in [-0.25, -0.2) is 8.42 Å². The summed E-state index contributed by atoms with van der Waals surface area (Å²) in [4.78, 5) is 12.7. The van der Waals surface area contributed by atoms with E-state index in [2.05, 4.69) is 0 Å². The number of carbonyl (C=O) groups is 1. The first-order valence-electron chi connectivity index (χ1n) is 6.00. The zero-order valence-electron chi connectivity index (χ0n) is 11.0. The Morgan fingerprint density at radius 2 is 1.74 bits per heavy atom. The molecule has 1 aliphatic heterocycles. The third kappa shape index (κ3) is 4.30. The fourth-order valence-electron chi connectivity index (χ4n) is 1.71. The lowest BCUT2D eigenvalue weighted by Gasteiger charge is -2.16. The van der Waals surface area contributed by atoms with E-state index >= 15 is 0 Å². The summed E-state index contributed by atoms with van der Waals surface area (Å²) in [5.74, 6) is 0.0257. The molecule has 2 rings (SSSR count). The van der Waals surface area contributed by atoms with Crippen molar-refractivity contribution in [3.05, 3.63) is 24.3 Å². The molecular weight excluding hydrogens is 268 g/mol. The molecule has 2 N–H and O–H groups in total. The van der Waals surface area contributed by atoms with Crippen molar-refractivity contribution in [2.24, 2.45) is 0 Å². The Hall–Kier alpha value is -1.44. The molecule has 0 unspecified atom stereocenters. The van der Waals surface area contributed by atoms with E-state index in [1.807, 2.05) is 19.4 Å². The molecule has 1 aromatic carbocycles. The van der Waals surface area contributed by atoms with Crippen molar-refractivity contribution in [1.29, 1.82) is 0 Å². The molecule has 1 heterocycles. The monoisotopic (exact) mass is 286 g/mol. The van der Waals surface area contributed by atoms with Crippen molar-refractivity contribution < 1.29 is 23.1 Å². The summed E-state index contributed by atoms with van der Waals surface area (Å²) >= 11 is 0. The van der Waals surface area contributed by atoms with Crippen LogP contribution in [0.1, 0.15) is 12.8 Å². The van der Waals surface area contributed by atoms with Gasteiger partial charge in [-0.2, -0.15) is 0 Å². The Labute approximate surface area is 113 Å². The van der Waals surface area contributed by atoms with Crippen LogP contribution in [0.2, 0.25) is 0 Å². The lowest BCUT2D eigenvalue weighted by Crippen LogP contribution is -2.74. The van der Waals surface area contributed by atoms with Gasteiger partial charge in [0.05, 0.1) is 19.0 Å². The summed E-state index contributed by atoms with van der Waals surface area (Å²) in [5, 5.41) is 2.00. The van der Waals surface area contributed by atoms with Crippen molar-refractivity contribution in [1.82, 2.24) is 0 Å². The predicted molar refractivity (Wildman–Crippen MR) is 69.8 cm³/mol. The van der Waals surface area contributed by atoms with Crippen LogP contribution in [0, 0.1) is 0 Å². The maximum atomic E-state index is 11.4. The van der Waals surface area contributed by atoms with Gasteiger partial charge in [-0.05, 0) is 30.7 Å². The first kappa shape index (κ1) is 15.6. The van der Waals surface area contributed by atoms with Gasteiger partial charge in [-0.1, -0.05) is 0 Å². The minimum absolute atomic E-state index is 0.0257. The van der Waals surface area contributed by atoms with Gasteiger partial charge >= 0.3 is 0 Å². The van der Waals surface area contributed by atoms with Crippen molar-refractivity contribution in [3.8, 4) is 0 Å². The number of carbonyl (C=O) groups excluding carboxylic acids is 1. The van der Waals surface area contributed by atoms with E-state index in [1.165, 1.54) is 24.3 Å². The SMILES string of the molecule is C[NH2+]C.O=C1CCCN1c1ccc(S(=O)(=O)[O-])cc1. The molecule has 0 bridgehead atoms. The molecule has 6 nitrogen and oxygen atoms in total. The second-order valence-electron chi connectivity index (χ2n) is 4.17. The van der Waals surface area contributed by atoms with Gasteiger partial charge in [-0.15, -0.1) is 0 Å². The summed E-state index contributed by atoms with van der Waals surface area (Å²) in [5.41, 5.74) is 0.634. The first-order valence-corrected chi connectivity index (χ1v) is 7.41. The topological polar surface area (TPSA) is 94.1 Å². The number of benzene rings is 1. The van der Waals surface area contributed by atoms with E-state index in [-0.39, 0.29) is 10.8 Å². The maximum Gasteiger partial charge on any atom is 0.227 e. The molecule has 19 heavy (non-hydrogen) atoms. The van der Waals surface area contributed by atoms with Gasteiger partial charge in [0.2, 0.25) is 5.91 Å². The number of anilines is 1. The summed E-state index contributed by atoms with van der Waals surface area (Å²) in [7, 11) is -0.410. The van der Waals surface area contributed by atoms with Crippen molar-refractivity contribution in [2.45, 2.75) is 17.7 Å². The molecule has 0 spiro atoms. The molecule has 106 valence electrons. The third-order valence-corrected chi connectivity index (χ3v) is 3.36. The Morgan fingerprint density at radius 3 is 2.11 bits per heavy atom. The zero-order valence-corrected chi connectivity index (χ0v) is 11.8. The fourth-order valence-corrected chi connectivity index (χ4v) is 2.18. The highest BCUT2D eigenvalue weighted by atomic mass is 32.2. The molecular formula is C12H18N2O4S. The van der Waals surface area contributed by atoms with Crippen LogP contribution >= 0.6 is 0 Å². The largest absolute Gasteiger partial charge is 0.744 e. The fraction of sp³-hybridized carbons (Fsp3) is 0.417. The number of nitrogens with zero attached hydrogens (tertiary/aromatic N) is 1. The minimum atomic E-state index is -4.41. The summed E-state index contributed by atoms with van der Waals surface area (Å²) in [6.45, 7) is 0.641. The minimum Gasteiger partial charge on any atom is -0.744 e. The van der Waals surface area contributed by atoms with E-state index in [4.69, 9.17) is 0 Å². The van der Waals surface area contributed by atoms with Gasteiger partial charge in [0.25, 0.3) is 0 Å². The molecule has 0 aliphatic carbocycles. The van der Waals surface area contributed by atoms with Crippen LogP contribution < -0.4 is 10.2 Å². The molecule has 1 saturated heterocycles. The van der Waals surface area contributed by atoms with E-state index in [1.54, 1.807) is 4.90 Å². The molecule has 0 saturated carbocycles. The molecule has 0 aromatic heterocycles. The van der Waals surface area contributed by atoms with Crippen LogP contribution in [0.15, 0.2) is 29.2 Å². The van der Waals surface area contributed by atoms with Crippen molar-refractivity contribution in [2.75, 3.05) is 25.5 Å². The third-order valence-electron chi connectivity index (χ3n) is 2.51. The average molecular weight is 286 g/mol. The Bertz CT molecular complexity index is 525. The Balaban J connectivity index is 0.000000550. The smallest absolute Gasteiger partial charge is 0.227 e. The lowest BCUT2D eigenvalue weighted by atomic mass is 10.3.